The van der Waals surface area contributed by atoms with Crippen molar-refractivity contribution in [2.24, 2.45) is 0 Å². The zero-order valence-corrected chi connectivity index (χ0v) is 16.4. The number of hydrogen-bond donors (Lipinski definition) is 1. The number of fused-ring (bicyclic) bond motifs is 1. The number of hydrogen-bond acceptors (Lipinski definition) is 5. The van der Waals surface area contributed by atoms with E-state index in [0.717, 1.165) is 29.7 Å². The fraction of sp³-hybridized carbons (Fsp3) is 0.389. The highest BCUT2D eigenvalue weighted by atomic mass is 32.2. The van der Waals surface area contributed by atoms with Crippen molar-refractivity contribution in [3.8, 4) is 5.75 Å². The molecule has 6 nitrogen and oxygen atoms in total. The van der Waals surface area contributed by atoms with Gasteiger partial charge in [0.25, 0.3) is 10.0 Å². The third kappa shape index (κ3) is 3.02. The molecule has 2 aromatic heterocycles. The van der Waals surface area contributed by atoms with Gasteiger partial charge < -0.3 is 9.72 Å². The second kappa shape index (κ2) is 6.68. The first-order valence-corrected chi connectivity index (χ1v) is 10.9. The number of sulfonamides is 1. The number of ether oxygens (including phenoxy) is 1. The van der Waals surface area contributed by atoms with Crippen LogP contribution in [0.5, 0.6) is 5.75 Å². The van der Waals surface area contributed by atoms with Crippen LogP contribution in [-0.4, -0.2) is 42.9 Å². The van der Waals surface area contributed by atoms with Gasteiger partial charge in [-0.3, -0.25) is 0 Å². The first-order chi connectivity index (χ1) is 12.5. The van der Waals surface area contributed by atoms with Gasteiger partial charge in [0.2, 0.25) is 0 Å². The average molecular weight is 392 g/mol. The monoisotopic (exact) mass is 391 g/mol. The number of imidazole rings is 1. The van der Waals surface area contributed by atoms with Gasteiger partial charge in [-0.1, -0.05) is 6.07 Å². The van der Waals surface area contributed by atoms with Crippen LogP contribution in [0.1, 0.15) is 30.1 Å². The van der Waals surface area contributed by atoms with E-state index in [-0.39, 0.29) is 10.1 Å². The van der Waals surface area contributed by atoms with Crippen LogP contribution in [0.4, 0.5) is 0 Å². The number of methoxy groups -OCH3 is 1. The average Bonchev–Trinajstić information content (AvgIpc) is 3.28. The molecule has 0 radical (unpaired) electrons. The minimum absolute atomic E-state index is 0.0668. The van der Waals surface area contributed by atoms with E-state index in [2.05, 4.69) is 11.1 Å². The highest BCUT2D eigenvalue weighted by Crippen LogP contribution is 2.35. The number of thiophene rings is 1. The molecule has 1 N–H and O–H groups in total. The second-order valence-electron chi connectivity index (χ2n) is 6.62. The molecule has 1 unspecified atom stereocenters. The van der Waals surface area contributed by atoms with E-state index in [0.29, 0.717) is 18.8 Å². The highest BCUT2D eigenvalue weighted by Gasteiger charge is 2.34. The predicted octanol–water partition coefficient (Wildman–Crippen LogP) is 3.51. The molecular formula is C18H21N3O3S2. The Morgan fingerprint density at radius 3 is 3.00 bits per heavy atom. The molecule has 1 atom stereocenters. The Morgan fingerprint density at radius 2 is 2.19 bits per heavy atom. The van der Waals surface area contributed by atoms with E-state index in [1.54, 1.807) is 15.8 Å². The summed E-state index contributed by atoms with van der Waals surface area (Å²) in [7, 11) is -2.06. The van der Waals surface area contributed by atoms with E-state index >= 15 is 0 Å². The maximum absolute atomic E-state index is 13.0. The summed E-state index contributed by atoms with van der Waals surface area (Å²) >= 11 is 1.20. The molecule has 26 heavy (non-hydrogen) atoms. The molecule has 0 spiro atoms. The lowest BCUT2D eigenvalue weighted by atomic mass is 9.99. The molecule has 1 fully saturated rings. The van der Waals surface area contributed by atoms with Crippen LogP contribution in [0, 0.1) is 6.92 Å². The van der Waals surface area contributed by atoms with E-state index < -0.39 is 10.0 Å². The van der Waals surface area contributed by atoms with Gasteiger partial charge >= 0.3 is 0 Å². The number of benzene rings is 1. The van der Waals surface area contributed by atoms with Crippen LogP contribution >= 0.6 is 11.3 Å². The topological polar surface area (TPSA) is 75.3 Å². The van der Waals surface area contributed by atoms with Gasteiger partial charge in [-0.2, -0.15) is 4.31 Å². The molecule has 3 heterocycles. The Labute approximate surface area is 156 Å². The maximum Gasteiger partial charge on any atom is 0.256 e. The number of aromatic nitrogens is 2. The summed E-state index contributed by atoms with van der Waals surface area (Å²) in [4.78, 5) is 8.07. The Bertz CT molecular complexity index is 1040. The summed E-state index contributed by atoms with van der Waals surface area (Å²) in [5.41, 5.74) is 3.09. The number of aromatic amines is 1. The van der Waals surface area contributed by atoms with Crippen molar-refractivity contribution in [3.05, 3.63) is 41.0 Å². The van der Waals surface area contributed by atoms with Gasteiger partial charge in [0.05, 0.1) is 18.1 Å². The number of nitrogens with one attached hydrogen (secondary N) is 1. The van der Waals surface area contributed by atoms with Gasteiger partial charge in [0.15, 0.2) is 4.21 Å². The molecule has 0 aliphatic carbocycles. The molecule has 1 saturated heterocycles. The molecule has 4 rings (SSSR count). The maximum atomic E-state index is 13.0. The third-order valence-electron chi connectivity index (χ3n) is 4.82. The van der Waals surface area contributed by atoms with Crippen molar-refractivity contribution in [3.63, 3.8) is 0 Å². The molecule has 0 saturated carbocycles. The fourth-order valence-electron chi connectivity index (χ4n) is 3.46. The summed E-state index contributed by atoms with van der Waals surface area (Å²) in [5, 5.41) is 1.74. The minimum Gasteiger partial charge on any atom is -0.494 e. The van der Waals surface area contributed by atoms with Crippen molar-refractivity contribution < 1.29 is 13.2 Å². The first-order valence-electron chi connectivity index (χ1n) is 8.57. The predicted molar refractivity (Wildman–Crippen MR) is 102 cm³/mol. The zero-order chi connectivity index (χ0) is 18.3. The van der Waals surface area contributed by atoms with E-state index in [4.69, 9.17) is 9.72 Å². The molecule has 0 bridgehead atoms. The van der Waals surface area contributed by atoms with Crippen molar-refractivity contribution in [2.75, 3.05) is 20.2 Å². The number of H-pyrrole nitrogens is 1. The van der Waals surface area contributed by atoms with Crippen molar-refractivity contribution >= 4 is 32.4 Å². The van der Waals surface area contributed by atoms with Gasteiger partial charge in [-0.15, -0.1) is 11.3 Å². The molecule has 3 aromatic rings. The van der Waals surface area contributed by atoms with Crippen LogP contribution in [0.25, 0.3) is 11.0 Å². The van der Waals surface area contributed by atoms with Crippen LogP contribution in [0.3, 0.4) is 0 Å². The molecule has 1 aliphatic rings. The van der Waals surface area contributed by atoms with Crippen molar-refractivity contribution in [1.82, 2.24) is 14.3 Å². The standard InChI is InChI=1S/C18H21N3O3S2/c1-12-5-6-14-15(10-12)20-17(19-14)13-4-3-8-21(11-13)26(22,23)18-16(24-2)7-9-25-18/h5-7,9-10,13H,3-4,8,11H2,1-2H3,(H,19,20). The lowest BCUT2D eigenvalue weighted by Gasteiger charge is -2.30. The lowest BCUT2D eigenvalue weighted by Crippen LogP contribution is -2.39. The number of piperidine rings is 1. The number of rotatable bonds is 4. The molecule has 1 aliphatic heterocycles. The lowest BCUT2D eigenvalue weighted by molar-refractivity contribution is 0.309. The number of nitrogens with zero attached hydrogens (tertiary/aromatic N) is 2. The van der Waals surface area contributed by atoms with E-state index in [1.807, 2.05) is 19.1 Å². The van der Waals surface area contributed by atoms with E-state index in [1.165, 1.54) is 24.0 Å². The zero-order valence-electron chi connectivity index (χ0n) is 14.7. The SMILES string of the molecule is COc1ccsc1S(=O)(=O)N1CCCC(c2nc3ccc(C)cc3[nH]2)C1. The van der Waals surface area contributed by atoms with Crippen LogP contribution in [-0.2, 0) is 10.0 Å². The van der Waals surface area contributed by atoms with Crippen molar-refractivity contribution in [2.45, 2.75) is 29.9 Å². The van der Waals surface area contributed by atoms with Gasteiger partial charge in [0, 0.05) is 19.0 Å². The fourth-order valence-corrected chi connectivity index (χ4v) is 6.40. The molecule has 138 valence electrons. The van der Waals surface area contributed by atoms with Gasteiger partial charge in [-0.05, 0) is 48.9 Å². The number of aryl methyl sites for hydroxylation is 1. The summed E-state index contributed by atoms with van der Waals surface area (Å²) in [5.74, 6) is 1.34. The molecule has 1 aromatic carbocycles. The third-order valence-corrected chi connectivity index (χ3v) is 8.11. The van der Waals surface area contributed by atoms with Gasteiger partial charge in [0.1, 0.15) is 11.6 Å². The van der Waals surface area contributed by atoms with Crippen LogP contribution in [0.15, 0.2) is 33.9 Å². The quantitative estimate of drug-likeness (QED) is 0.738. The normalized spacial score (nSPS) is 19.1. The molecular weight excluding hydrogens is 370 g/mol. The smallest absolute Gasteiger partial charge is 0.256 e. The van der Waals surface area contributed by atoms with Crippen molar-refractivity contribution in [1.29, 1.82) is 0 Å². The minimum atomic E-state index is -3.55. The Kier molecular flexibility index (Phi) is 4.50. The first kappa shape index (κ1) is 17.5. The molecule has 0 amide bonds. The Balaban J connectivity index is 1.62. The summed E-state index contributed by atoms with van der Waals surface area (Å²) < 4.78 is 33.1. The summed E-state index contributed by atoms with van der Waals surface area (Å²) in [6, 6.07) is 7.80. The van der Waals surface area contributed by atoms with Crippen LogP contribution < -0.4 is 4.74 Å². The largest absolute Gasteiger partial charge is 0.494 e. The Hall–Kier alpha value is -1.90. The van der Waals surface area contributed by atoms with E-state index in [9.17, 15) is 8.42 Å². The van der Waals surface area contributed by atoms with Crippen LogP contribution in [0.2, 0.25) is 0 Å². The highest BCUT2D eigenvalue weighted by molar-refractivity contribution is 7.91. The second-order valence-corrected chi connectivity index (χ2v) is 9.67. The summed E-state index contributed by atoms with van der Waals surface area (Å²) in [6.07, 6.45) is 1.74. The molecule has 8 heteroatoms. The summed E-state index contributed by atoms with van der Waals surface area (Å²) in [6.45, 7) is 3.00. The van der Waals surface area contributed by atoms with Gasteiger partial charge in [-0.25, -0.2) is 13.4 Å². The Morgan fingerprint density at radius 1 is 1.35 bits per heavy atom.